The average Bonchev–Trinajstić information content (AvgIpc) is 3.03. The Bertz CT molecular complexity index is 742. The van der Waals surface area contributed by atoms with Crippen LogP contribution >= 0.6 is 0 Å². The van der Waals surface area contributed by atoms with Gasteiger partial charge in [-0.05, 0) is 31.2 Å². The van der Waals surface area contributed by atoms with Crippen molar-refractivity contribution in [3.05, 3.63) is 53.6 Å². The number of alkyl carbamates (subject to hydrolysis) is 1. The first kappa shape index (κ1) is 17.0. The van der Waals surface area contributed by atoms with Gasteiger partial charge >= 0.3 is 12.1 Å². The number of benzene rings is 1. The van der Waals surface area contributed by atoms with E-state index in [1.165, 1.54) is 0 Å². The molecule has 25 heavy (non-hydrogen) atoms. The van der Waals surface area contributed by atoms with E-state index in [9.17, 15) is 14.7 Å². The Labute approximate surface area is 145 Å². The zero-order valence-electron chi connectivity index (χ0n) is 13.9. The predicted molar refractivity (Wildman–Crippen MR) is 90.1 cm³/mol. The first-order valence-electron chi connectivity index (χ1n) is 8.36. The van der Waals surface area contributed by atoms with E-state index < -0.39 is 18.1 Å². The molecule has 1 heterocycles. The lowest BCUT2D eigenvalue weighted by Crippen LogP contribution is -2.44. The summed E-state index contributed by atoms with van der Waals surface area (Å²) in [5, 5.41) is 11.8. The van der Waals surface area contributed by atoms with Crippen molar-refractivity contribution in [2.45, 2.75) is 44.9 Å². The number of nitrogens with one attached hydrogen (secondary N) is 1. The summed E-state index contributed by atoms with van der Waals surface area (Å²) >= 11 is 0. The summed E-state index contributed by atoms with van der Waals surface area (Å²) in [5.74, 6) is -1.10. The number of carboxylic acids is 1. The Hall–Kier alpha value is -2.83. The second kappa shape index (κ2) is 7.83. The number of carbonyl (C=O) groups is 2. The van der Waals surface area contributed by atoms with Gasteiger partial charge in [0.2, 0.25) is 0 Å². The first-order valence-corrected chi connectivity index (χ1v) is 8.36. The van der Waals surface area contributed by atoms with Gasteiger partial charge in [-0.25, -0.2) is 14.6 Å². The molecular weight excluding hydrogens is 322 g/mol. The fraction of sp³-hybridized carbons (Fsp3) is 0.389. The number of amides is 1. The summed E-state index contributed by atoms with van der Waals surface area (Å²) in [7, 11) is 0. The minimum absolute atomic E-state index is 0.0967. The summed E-state index contributed by atoms with van der Waals surface area (Å²) in [5.41, 5.74) is 2.94. The maximum absolute atomic E-state index is 11.9. The monoisotopic (exact) mass is 343 g/mol. The van der Waals surface area contributed by atoms with E-state index in [0.29, 0.717) is 0 Å². The number of carbonyl (C=O) groups excluding carboxylic acids is 1. The highest BCUT2D eigenvalue weighted by Crippen LogP contribution is 2.20. The van der Waals surface area contributed by atoms with Crippen LogP contribution in [0.1, 0.15) is 29.8 Å². The van der Waals surface area contributed by atoms with Gasteiger partial charge in [0.25, 0.3) is 0 Å². The van der Waals surface area contributed by atoms with E-state index in [1.54, 1.807) is 6.33 Å². The molecule has 0 saturated heterocycles. The highest BCUT2D eigenvalue weighted by molar-refractivity contribution is 5.79. The fourth-order valence-corrected chi connectivity index (χ4v) is 2.98. The van der Waals surface area contributed by atoms with E-state index in [2.05, 4.69) is 10.3 Å². The molecule has 1 atom stereocenters. The third-order valence-electron chi connectivity index (χ3n) is 4.29. The lowest BCUT2D eigenvalue weighted by atomic mass is 10.0. The molecule has 1 aromatic heterocycles. The van der Waals surface area contributed by atoms with E-state index in [0.717, 1.165) is 42.6 Å². The molecule has 7 heteroatoms. The molecule has 7 nitrogen and oxygen atoms in total. The van der Waals surface area contributed by atoms with Crippen molar-refractivity contribution in [3.8, 4) is 0 Å². The highest BCUT2D eigenvalue weighted by atomic mass is 16.5. The molecule has 0 spiro atoms. The van der Waals surface area contributed by atoms with Crippen molar-refractivity contribution >= 4 is 12.1 Å². The smallest absolute Gasteiger partial charge is 0.408 e. The largest absolute Gasteiger partial charge is 0.480 e. The van der Waals surface area contributed by atoms with Crippen molar-refractivity contribution < 1.29 is 19.4 Å². The predicted octanol–water partition coefficient (Wildman–Crippen LogP) is 2.14. The van der Waals surface area contributed by atoms with E-state index >= 15 is 0 Å². The minimum atomic E-state index is -1.10. The van der Waals surface area contributed by atoms with Gasteiger partial charge in [0.05, 0.1) is 18.6 Å². The molecule has 0 bridgehead atoms. The van der Waals surface area contributed by atoms with Crippen molar-refractivity contribution in [2.24, 2.45) is 0 Å². The van der Waals surface area contributed by atoms with Gasteiger partial charge in [0.1, 0.15) is 12.6 Å². The van der Waals surface area contributed by atoms with Crippen LogP contribution < -0.4 is 5.32 Å². The number of carboxylic acid groups (broad SMARTS) is 1. The number of rotatable bonds is 6. The standard InChI is InChI=1S/C18H21N3O4/c22-17(23)15(10-21-12-19-14-8-4-5-9-16(14)21)20-18(24)25-11-13-6-2-1-3-7-13/h1-3,6-7,12,15H,4-5,8-11H2,(H,20,24)(H,22,23). The molecule has 132 valence electrons. The summed E-state index contributed by atoms with van der Waals surface area (Å²) in [6, 6.07) is 8.16. The number of hydrogen-bond donors (Lipinski definition) is 2. The number of imidazole rings is 1. The molecule has 0 radical (unpaired) electrons. The second-order valence-electron chi connectivity index (χ2n) is 6.09. The van der Waals surface area contributed by atoms with Gasteiger partial charge in [-0.1, -0.05) is 30.3 Å². The van der Waals surface area contributed by atoms with Gasteiger partial charge in [-0.15, -0.1) is 0 Å². The molecular formula is C18H21N3O4. The molecule has 1 aromatic carbocycles. The van der Waals surface area contributed by atoms with Crippen LogP contribution in [0.3, 0.4) is 0 Å². The maximum Gasteiger partial charge on any atom is 0.408 e. The van der Waals surface area contributed by atoms with Gasteiger partial charge in [-0.3, -0.25) is 0 Å². The lowest BCUT2D eigenvalue weighted by molar-refractivity contribution is -0.139. The summed E-state index contributed by atoms with van der Waals surface area (Å²) in [4.78, 5) is 27.8. The van der Waals surface area contributed by atoms with Crippen LogP contribution in [-0.2, 0) is 35.5 Å². The minimum Gasteiger partial charge on any atom is -0.480 e. The Balaban J connectivity index is 1.58. The molecule has 1 unspecified atom stereocenters. The van der Waals surface area contributed by atoms with Gasteiger partial charge in [0.15, 0.2) is 0 Å². The molecule has 0 saturated carbocycles. The summed E-state index contributed by atoms with van der Waals surface area (Å²) in [6.07, 6.45) is 4.90. The number of fused-ring (bicyclic) bond motifs is 1. The Morgan fingerprint density at radius 2 is 2.00 bits per heavy atom. The lowest BCUT2D eigenvalue weighted by Gasteiger charge is -2.18. The second-order valence-corrected chi connectivity index (χ2v) is 6.09. The number of nitrogens with zero attached hydrogens (tertiary/aromatic N) is 2. The number of aryl methyl sites for hydroxylation is 1. The van der Waals surface area contributed by atoms with Crippen molar-refractivity contribution in [1.29, 1.82) is 0 Å². The fourth-order valence-electron chi connectivity index (χ4n) is 2.98. The molecule has 1 aliphatic carbocycles. The molecule has 1 amide bonds. The molecule has 3 rings (SSSR count). The van der Waals surface area contributed by atoms with Crippen molar-refractivity contribution in [1.82, 2.24) is 14.9 Å². The van der Waals surface area contributed by atoms with Crippen LogP contribution in [0.15, 0.2) is 36.7 Å². The number of ether oxygens (including phenoxy) is 1. The molecule has 0 fully saturated rings. The van der Waals surface area contributed by atoms with E-state index in [4.69, 9.17) is 4.74 Å². The molecule has 2 aromatic rings. The maximum atomic E-state index is 11.9. The summed E-state index contributed by atoms with van der Waals surface area (Å²) in [6.45, 7) is 0.234. The normalized spacial score (nSPS) is 14.4. The van der Waals surface area contributed by atoms with Gasteiger partial charge in [0, 0.05) is 5.69 Å². The van der Waals surface area contributed by atoms with Gasteiger partial charge in [-0.2, -0.15) is 0 Å². The van der Waals surface area contributed by atoms with Crippen molar-refractivity contribution in [2.75, 3.05) is 0 Å². The Morgan fingerprint density at radius 1 is 1.24 bits per heavy atom. The summed E-state index contributed by atoms with van der Waals surface area (Å²) < 4.78 is 6.93. The number of aliphatic carboxylic acids is 1. The number of aromatic nitrogens is 2. The quantitative estimate of drug-likeness (QED) is 0.838. The van der Waals surface area contributed by atoms with E-state index in [-0.39, 0.29) is 13.2 Å². The third-order valence-corrected chi connectivity index (χ3v) is 4.29. The highest BCUT2D eigenvalue weighted by Gasteiger charge is 2.24. The first-order chi connectivity index (χ1) is 12.1. The number of hydrogen-bond acceptors (Lipinski definition) is 4. The molecule has 0 aliphatic heterocycles. The van der Waals surface area contributed by atoms with Crippen LogP contribution in [0, 0.1) is 0 Å². The van der Waals surface area contributed by atoms with Crippen LogP contribution in [0.4, 0.5) is 4.79 Å². The zero-order chi connectivity index (χ0) is 17.6. The Kier molecular flexibility index (Phi) is 5.33. The van der Waals surface area contributed by atoms with Gasteiger partial charge < -0.3 is 19.7 Å². The molecule has 2 N–H and O–H groups in total. The third kappa shape index (κ3) is 4.37. The van der Waals surface area contributed by atoms with E-state index in [1.807, 2.05) is 34.9 Å². The zero-order valence-corrected chi connectivity index (χ0v) is 13.9. The SMILES string of the molecule is O=C(NC(Cn1cnc2c1CCCC2)C(=O)O)OCc1ccccc1. The molecule has 1 aliphatic rings. The Morgan fingerprint density at radius 3 is 2.76 bits per heavy atom. The topological polar surface area (TPSA) is 93.5 Å². The average molecular weight is 343 g/mol. The van der Waals surface area contributed by atoms with Crippen LogP contribution in [-0.4, -0.2) is 32.8 Å². The van der Waals surface area contributed by atoms with Crippen LogP contribution in [0.2, 0.25) is 0 Å². The van der Waals surface area contributed by atoms with Crippen LogP contribution in [0.5, 0.6) is 0 Å². The van der Waals surface area contributed by atoms with Crippen LogP contribution in [0.25, 0.3) is 0 Å². The van der Waals surface area contributed by atoms with Crippen molar-refractivity contribution in [3.63, 3.8) is 0 Å².